The lowest BCUT2D eigenvalue weighted by molar-refractivity contribution is -0.133. The average Bonchev–Trinajstić information content (AvgIpc) is 3.08. The van der Waals surface area contributed by atoms with Gasteiger partial charge in [0.1, 0.15) is 0 Å². The molecule has 3 nitrogen and oxygen atoms in total. The fourth-order valence-electron chi connectivity index (χ4n) is 1.87. The number of nitrogens with two attached hydrogens (primary N) is 1. The molecule has 2 saturated carbocycles. The van der Waals surface area contributed by atoms with Gasteiger partial charge in [-0.1, -0.05) is 12.2 Å². The molecular formula is C12H20N2OS. The number of thiocarbonyl (C=S) groups is 1. The Labute approximate surface area is 102 Å². The van der Waals surface area contributed by atoms with Gasteiger partial charge in [-0.2, -0.15) is 0 Å². The van der Waals surface area contributed by atoms with E-state index in [1.165, 1.54) is 25.7 Å². The molecule has 16 heavy (non-hydrogen) atoms. The molecule has 2 fully saturated rings. The molecule has 1 unspecified atom stereocenters. The van der Waals surface area contributed by atoms with Crippen LogP contribution in [-0.4, -0.2) is 28.9 Å². The Morgan fingerprint density at radius 3 is 2.06 bits per heavy atom. The van der Waals surface area contributed by atoms with E-state index in [2.05, 4.69) is 0 Å². The fraction of sp³-hybridized carbons (Fsp3) is 0.833. The van der Waals surface area contributed by atoms with E-state index in [0.29, 0.717) is 4.99 Å². The third-order valence-corrected chi connectivity index (χ3v) is 3.81. The van der Waals surface area contributed by atoms with Gasteiger partial charge in [0, 0.05) is 13.1 Å². The number of rotatable bonds is 6. The topological polar surface area (TPSA) is 46.3 Å². The number of carbonyl (C=O) groups excluding carboxylic acids is 1. The van der Waals surface area contributed by atoms with E-state index in [9.17, 15) is 4.79 Å². The highest BCUT2D eigenvalue weighted by molar-refractivity contribution is 7.80. The summed E-state index contributed by atoms with van der Waals surface area (Å²) in [5, 5.41) is 0. The lowest BCUT2D eigenvalue weighted by Crippen LogP contribution is -2.42. The molecule has 2 N–H and O–H groups in total. The quantitative estimate of drug-likeness (QED) is 0.717. The first kappa shape index (κ1) is 11.8. The van der Waals surface area contributed by atoms with E-state index in [1.54, 1.807) is 0 Å². The second kappa shape index (κ2) is 4.70. The minimum atomic E-state index is -0.299. The Balaban J connectivity index is 1.91. The van der Waals surface area contributed by atoms with E-state index >= 15 is 0 Å². The summed E-state index contributed by atoms with van der Waals surface area (Å²) in [5.74, 6) is 1.31. The summed E-state index contributed by atoms with van der Waals surface area (Å²) >= 11 is 4.90. The van der Waals surface area contributed by atoms with Crippen LogP contribution in [0.3, 0.4) is 0 Å². The standard InChI is InChI=1S/C12H20N2OS/c1-8(11(13)16)12(15)14(6-9-2-3-9)7-10-4-5-10/h8-10H,2-7H2,1H3,(H2,13,16). The minimum Gasteiger partial charge on any atom is -0.393 e. The van der Waals surface area contributed by atoms with Crippen molar-refractivity contribution in [1.29, 1.82) is 0 Å². The van der Waals surface area contributed by atoms with Gasteiger partial charge in [-0.05, 0) is 44.4 Å². The van der Waals surface area contributed by atoms with E-state index in [0.717, 1.165) is 24.9 Å². The first-order valence-electron chi connectivity index (χ1n) is 6.16. The monoisotopic (exact) mass is 240 g/mol. The third kappa shape index (κ3) is 3.17. The number of hydrogen-bond acceptors (Lipinski definition) is 2. The second-order valence-corrected chi connectivity index (χ2v) is 5.73. The molecular weight excluding hydrogens is 220 g/mol. The molecule has 90 valence electrons. The average molecular weight is 240 g/mol. The molecule has 1 amide bonds. The molecule has 0 aromatic heterocycles. The van der Waals surface area contributed by atoms with Crippen LogP contribution in [0.2, 0.25) is 0 Å². The van der Waals surface area contributed by atoms with Gasteiger partial charge in [0.2, 0.25) is 5.91 Å². The molecule has 0 heterocycles. The second-order valence-electron chi connectivity index (χ2n) is 5.25. The van der Waals surface area contributed by atoms with Crippen LogP contribution in [-0.2, 0) is 4.79 Å². The predicted molar refractivity (Wildman–Crippen MR) is 68.0 cm³/mol. The van der Waals surface area contributed by atoms with Crippen molar-refractivity contribution in [3.8, 4) is 0 Å². The highest BCUT2D eigenvalue weighted by Gasteiger charge is 2.33. The van der Waals surface area contributed by atoms with Gasteiger partial charge >= 0.3 is 0 Å². The maximum absolute atomic E-state index is 12.2. The van der Waals surface area contributed by atoms with Gasteiger partial charge in [0.05, 0.1) is 10.9 Å². The molecule has 0 aromatic carbocycles. The molecule has 2 aliphatic rings. The van der Waals surface area contributed by atoms with E-state index in [-0.39, 0.29) is 11.8 Å². The zero-order valence-electron chi connectivity index (χ0n) is 9.82. The largest absolute Gasteiger partial charge is 0.393 e. The van der Waals surface area contributed by atoms with Crippen molar-refractivity contribution in [2.24, 2.45) is 23.5 Å². The highest BCUT2D eigenvalue weighted by Crippen LogP contribution is 2.34. The minimum absolute atomic E-state index is 0.131. The fourth-order valence-corrected chi connectivity index (χ4v) is 1.98. The summed E-state index contributed by atoms with van der Waals surface area (Å²) in [6.07, 6.45) is 5.09. The molecule has 2 rings (SSSR count). The molecule has 0 bridgehead atoms. The Kier molecular flexibility index (Phi) is 3.47. The molecule has 0 aliphatic heterocycles. The van der Waals surface area contributed by atoms with Crippen LogP contribution >= 0.6 is 12.2 Å². The first-order chi connectivity index (χ1) is 7.58. The lowest BCUT2D eigenvalue weighted by atomic mass is 10.1. The van der Waals surface area contributed by atoms with Crippen LogP contribution in [0, 0.1) is 17.8 Å². The Hall–Kier alpha value is -0.640. The number of hydrogen-bond donors (Lipinski definition) is 1. The summed E-state index contributed by atoms with van der Waals surface area (Å²) in [4.78, 5) is 14.5. The zero-order chi connectivity index (χ0) is 11.7. The molecule has 0 aromatic rings. The third-order valence-electron chi connectivity index (χ3n) is 3.46. The van der Waals surface area contributed by atoms with Gasteiger partial charge < -0.3 is 10.6 Å². The molecule has 0 radical (unpaired) electrons. The van der Waals surface area contributed by atoms with Crippen molar-refractivity contribution in [1.82, 2.24) is 4.90 Å². The van der Waals surface area contributed by atoms with Crippen molar-refractivity contribution in [2.45, 2.75) is 32.6 Å². The summed E-state index contributed by atoms with van der Waals surface area (Å²) in [6.45, 7) is 3.65. The van der Waals surface area contributed by atoms with E-state index < -0.39 is 0 Å². The molecule has 1 atom stereocenters. The number of amides is 1. The highest BCUT2D eigenvalue weighted by atomic mass is 32.1. The van der Waals surface area contributed by atoms with E-state index in [4.69, 9.17) is 18.0 Å². The van der Waals surface area contributed by atoms with Crippen LogP contribution < -0.4 is 5.73 Å². The number of carbonyl (C=O) groups is 1. The lowest BCUT2D eigenvalue weighted by Gasteiger charge is -2.25. The van der Waals surface area contributed by atoms with Crippen LogP contribution in [0.25, 0.3) is 0 Å². The van der Waals surface area contributed by atoms with Crippen LogP contribution in [0.1, 0.15) is 32.6 Å². The van der Waals surface area contributed by atoms with Gasteiger partial charge in [-0.25, -0.2) is 0 Å². The molecule has 0 spiro atoms. The van der Waals surface area contributed by atoms with Gasteiger partial charge in [0.15, 0.2) is 0 Å². The summed E-state index contributed by atoms with van der Waals surface area (Å²) < 4.78 is 0. The normalized spacial score (nSPS) is 21.6. The predicted octanol–water partition coefficient (Wildman–Crippen LogP) is 1.56. The molecule has 4 heteroatoms. The van der Waals surface area contributed by atoms with Gasteiger partial charge in [-0.3, -0.25) is 4.79 Å². The van der Waals surface area contributed by atoms with Crippen molar-refractivity contribution < 1.29 is 4.79 Å². The molecule has 0 saturated heterocycles. The SMILES string of the molecule is CC(C(=O)N(CC1CC1)CC1CC1)C(N)=S. The Morgan fingerprint density at radius 2 is 1.75 bits per heavy atom. The van der Waals surface area contributed by atoms with Crippen LogP contribution in [0.4, 0.5) is 0 Å². The summed E-state index contributed by atoms with van der Waals surface area (Å²) in [5.41, 5.74) is 5.55. The Bertz CT molecular complexity index is 283. The zero-order valence-corrected chi connectivity index (χ0v) is 10.6. The maximum atomic E-state index is 12.2. The first-order valence-corrected chi connectivity index (χ1v) is 6.57. The Morgan fingerprint density at radius 1 is 1.31 bits per heavy atom. The van der Waals surface area contributed by atoms with Crippen molar-refractivity contribution in [3.05, 3.63) is 0 Å². The molecule has 2 aliphatic carbocycles. The summed E-state index contributed by atoms with van der Waals surface area (Å²) in [7, 11) is 0. The van der Waals surface area contributed by atoms with Gasteiger partial charge in [0.25, 0.3) is 0 Å². The van der Waals surface area contributed by atoms with Gasteiger partial charge in [-0.15, -0.1) is 0 Å². The summed E-state index contributed by atoms with van der Waals surface area (Å²) in [6, 6.07) is 0. The van der Waals surface area contributed by atoms with Crippen LogP contribution in [0.5, 0.6) is 0 Å². The smallest absolute Gasteiger partial charge is 0.232 e. The van der Waals surface area contributed by atoms with Crippen LogP contribution in [0.15, 0.2) is 0 Å². The van der Waals surface area contributed by atoms with Crippen molar-refractivity contribution in [3.63, 3.8) is 0 Å². The van der Waals surface area contributed by atoms with Crippen molar-refractivity contribution >= 4 is 23.1 Å². The maximum Gasteiger partial charge on any atom is 0.232 e. The van der Waals surface area contributed by atoms with Crippen molar-refractivity contribution in [2.75, 3.05) is 13.1 Å². The number of nitrogens with zero attached hydrogens (tertiary/aromatic N) is 1. The van der Waals surface area contributed by atoms with E-state index in [1.807, 2.05) is 11.8 Å².